The molecule has 0 bridgehead atoms. The maximum Gasteiger partial charge on any atom is 0.255 e. The van der Waals surface area contributed by atoms with E-state index >= 15 is 0 Å². The first-order valence-electron chi connectivity index (χ1n) is 8.56. The number of carbonyl (C=O) groups excluding carboxylic acids is 1. The van der Waals surface area contributed by atoms with Gasteiger partial charge in [-0.2, -0.15) is 0 Å². The van der Waals surface area contributed by atoms with Crippen molar-refractivity contribution in [2.45, 2.75) is 23.3 Å². The van der Waals surface area contributed by atoms with Crippen LogP contribution in [-0.2, 0) is 4.74 Å². The van der Waals surface area contributed by atoms with E-state index in [0.717, 1.165) is 18.0 Å². The summed E-state index contributed by atoms with van der Waals surface area (Å²) in [6, 6.07) is 7.65. The Labute approximate surface area is 148 Å². The Kier molecular flexibility index (Phi) is 5.81. The third-order valence-corrected chi connectivity index (χ3v) is 5.50. The Morgan fingerprint density at radius 3 is 2.79 bits per heavy atom. The lowest BCUT2D eigenvalue weighted by atomic mass is 10.0. The molecule has 24 heavy (non-hydrogen) atoms. The fourth-order valence-corrected chi connectivity index (χ4v) is 4.12. The number of thioether (sulfide) groups is 1. The number of nitrogens with zero attached hydrogens (tertiary/aromatic N) is 2. The number of hydrogen-bond acceptors (Lipinski definition) is 5. The fourth-order valence-electron chi connectivity index (χ4n) is 3.53. The van der Waals surface area contributed by atoms with Gasteiger partial charge in [-0.25, -0.2) is 0 Å². The number of benzene rings is 1. The van der Waals surface area contributed by atoms with Gasteiger partial charge in [0.2, 0.25) is 0 Å². The molecule has 2 heterocycles. The molecule has 0 spiro atoms. The van der Waals surface area contributed by atoms with Crippen LogP contribution < -0.4 is 0 Å². The molecule has 0 unspecified atom stereocenters. The smallest absolute Gasteiger partial charge is 0.255 e. The van der Waals surface area contributed by atoms with E-state index < -0.39 is 5.60 Å². The van der Waals surface area contributed by atoms with Crippen LogP contribution in [0.1, 0.15) is 23.2 Å². The maximum atomic E-state index is 13.0. The molecule has 0 aromatic heterocycles. The predicted octanol–water partition coefficient (Wildman–Crippen LogP) is 1.71. The predicted molar refractivity (Wildman–Crippen MR) is 95.6 cm³/mol. The standard InChI is InChI=1S/C18H26N2O3S/c1-24-16-7-3-2-6-15(16)17(21)20-10-11-23-14-18(22,13-20)12-19-8-4-5-9-19/h2-3,6-7,22H,4-5,8-14H2,1H3/t18-/m0/s1. The Hall–Kier alpha value is -1.08. The van der Waals surface area contributed by atoms with Crippen LogP contribution in [0.5, 0.6) is 0 Å². The summed E-state index contributed by atoms with van der Waals surface area (Å²) in [5.74, 6) is -0.0229. The molecular formula is C18H26N2O3S. The van der Waals surface area contributed by atoms with Gasteiger partial charge in [0.25, 0.3) is 5.91 Å². The third-order valence-electron chi connectivity index (χ3n) is 4.70. The Morgan fingerprint density at radius 2 is 2.04 bits per heavy atom. The molecule has 1 aromatic carbocycles. The second-order valence-electron chi connectivity index (χ2n) is 6.69. The van der Waals surface area contributed by atoms with Gasteiger partial charge in [0.15, 0.2) is 0 Å². The number of β-amino-alcohol motifs (C(OH)–C–C–N with tert-alkyl or cyclic N) is 1. The number of hydrogen-bond donors (Lipinski definition) is 1. The maximum absolute atomic E-state index is 13.0. The minimum atomic E-state index is -0.995. The van der Waals surface area contributed by atoms with Gasteiger partial charge >= 0.3 is 0 Å². The highest BCUT2D eigenvalue weighted by molar-refractivity contribution is 7.98. The first kappa shape index (κ1) is 17.7. The summed E-state index contributed by atoms with van der Waals surface area (Å²) in [4.78, 5) is 18.0. The molecule has 132 valence electrons. The molecule has 6 heteroatoms. The topological polar surface area (TPSA) is 53.0 Å². The summed E-state index contributed by atoms with van der Waals surface area (Å²) in [5.41, 5.74) is -0.291. The van der Waals surface area contributed by atoms with E-state index in [9.17, 15) is 9.90 Å². The van der Waals surface area contributed by atoms with Crippen molar-refractivity contribution in [1.29, 1.82) is 0 Å². The molecule has 1 aromatic rings. The number of carbonyl (C=O) groups is 1. The average molecular weight is 350 g/mol. The molecule has 2 aliphatic rings. The van der Waals surface area contributed by atoms with E-state index in [2.05, 4.69) is 4.90 Å². The van der Waals surface area contributed by atoms with E-state index in [-0.39, 0.29) is 12.5 Å². The lowest BCUT2D eigenvalue weighted by Gasteiger charge is -2.34. The van der Waals surface area contributed by atoms with E-state index in [1.807, 2.05) is 30.5 Å². The fraction of sp³-hybridized carbons (Fsp3) is 0.611. The minimum absolute atomic E-state index is 0.0229. The van der Waals surface area contributed by atoms with Gasteiger partial charge in [-0.05, 0) is 44.3 Å². The van der Waals surface area contributed by atoms with Crippen LogP contribution in [-0.4, -0.2) is 78.6 Å². The van der Waals surface area contributed by atoms with Gasteiger partial charge in [-0.15, -0.1) is 11.8 Å². The molecule has 0 aliphatic carbocycles. The first-order valence-corrected chi connectivity index (χ1v) is 9.78. The van der Waals surface area contributed by atoms with Gasteiger partial charge in [0.1, 0.15) is 5.60 Å². The van der Waals surface area contributed by atoms with Gasteiger partial charge in [0, 0.05) is 18.0 Å². The monoisotopic (exact) mass is 350 g/mol. The zero-order valence-electron chi connectivity index (χ0n) is 14.2. The Balaban J connectivity index is 1.75. The summed E-state index contributed by atoms with van der Waals surface area (Å²) >= 11 is 1.57. The van der Waals surface area contributed by atoms with Crippen LogP contribution in [0.2, 0.25) is 0 Å². The number of aliphatic hydroxyl groups is 1. The average Bonchev–Trinajstić information content (AvgIpc) is 3.01. The summed E-state index contributed by atoms with van der Waals surface area (Å²) in [5, 5.41) is 11.0. The van der Waals surface area contributed by atoms with Crippen molar-refractivity contribution >= 4 is 17.7 Å². The first-order chi connectivity index (χ1) is 11.6. The van der Waals surface area contributed by atoms with Crippen LogP contribution in [0.15, 0.2) is 29.2 Å². The lowest BCUT2D eigenvalue weighted by molar-refractivity contribution is -0.0524. The highest BCUT2D eigenvalue weighted by Gasteiger charge is 2.37. The van der Waals surface area contributed by atoms with Gasteiger partial charge in [0.05, 0.1) is 25.3 Å². The SMILES string of the molecule is CSc1ccccc1C(=O)N1CCOC[C@](O)(CN2CCCC2)C1. The molecule has 0 saturated carbocycles. The van der Waals surface area contributed by atoms with Crippen molar-refractivity contribution in [3.05, 3.63) is 29.8 Å². The summed E-state index contributed by atoms with van der Waals surface area (Å²) in [7, 11) is 0. The third kappa shape index (κ3) is 4.11. The zero-order valence-corrected chi connectivity index (χ0v) is 15.1. The van der Waals surface area contributed by atoms with E-state index in [1.165, 1.54) is 12.8 Å². The summed E-state index contributed by atoms with van der Waals surface area (Å²) in [6.45, 7) is 4.21. The highest BCUT2D eigenvalue weighted by Crippen LogP contribution is 2.24. The van der Waals surface area contributed by atoms with Crippen LogP contribution in [0, 0.1) is 0 Å². The molecule has 1 N–H and O–H groups in total. The summed E-state index contributed by atoms with van der Waals surface area (Å²) in [6.07, 6.45) is 4.34. The number of likely N-dealkylation sites (tertiary alicyclic amines) is 1. The molecule has 5 nitrogen and oxygen atoms in total. The highest BCUT2D eigenvalue weighted by atomic mass is 32.2. The summed E-state index contributed by atoms with van der Waals surface area (Å²) < 4.78 is 5.62. The molecule has 1 amide bonds. The van der Waals surface area contributed by atoms with Crippen molar-refractivity contribution in [1.82, 2.24) is 9.80 Å². The molecule has 1 atom stereocenters. The van der Waals surface area contributed by atoms with Crippen molar-refractivity contribution < 1.29 is 14.6 Å². The second-order valence-corrected chi connectivity index (χ2v) is 7.54. The number of ether oxygens (including phenoxy) is 1. The largest absolute Gasteiger partial charge is 0.384 e. The molecule has 3 rings (SSSR count). The van der Waals surface area contributed by atoms with Gasteiger partial charge < -0.3 is 19.6 Å². The lowest BCUT2D eigenvalue weighted by Crippen LogP contribution is -2.53. The van der Waals surface area contributed by atoms with Gasteiger partial charge in [-0.1, -0.05) is 12.1 Å². The molecular weight excluding hydrogens is 324 g/mol. The van der Waals surface area contributed by atoms with Crippen molar-refractivity contribution in [2.24, 2.45) is 0 Å². The quantitative estimate of drug-likeness (QED) is 0.838. The van der Waals surface area contributed by atoms with Crippen LogP contribution in [0.25, 0.3) is 0 Å². The molecule has 2 fully saturated rings. The Morgan fingerprint density at radius 1 is 1.29 bits per heavy atom. The van der Waals surface area contributed by atoms with Gasteiger partial charge in [-0.3, -0.25) is 4.79 Å². The number of rotatable bonds is 4. The molecule has 2 saturated heterocycles. The normalized spacial score (nSPS) is 25.7. The van der Waals surface area contributed by atoms with E-state index in [1.54, 1.807) is 16.7 Å². The van der Waals surface area contributed by atoms with Crippen LogP contribution in [0.3, 0.4) is 0 Å². The van der Waals surface area contributed by atoms with E-state index in [4.69, 9.17) is 4.74 Å². The van der Waals surface area contributed by atoms with E-state index in [0.29, 0.717) is 31.8 Å². The number of amides is 1. The zero-order chi connectivity index (χ0) is 17.0. The molecule has 0 radical (unpaired) electrons. The minimum Gasteiger partial charge on any atom is -0.384 e. The Bertz CT molecular complexity index is 577. The van der Waals surface area contributed by atoms with Crippen molar-refractivity contribution in [3.63, 3.8) is 0 Å². The van der Waals surface area contributed by atoms with Crippen LogP contribution >= 0.6 is 11.8 Å². The second kappa shape index (κ2) is 7.87. The van der Waals surface area contributed by atoms with Crippen molar-refractivity contribution in [2.75, 3.05) is 52.2 Å². The molecule has 2 aliphatic heterocycles. The van der Waals surface area contributed by atoms with Crippen LogP contribution in [0.4, 0.5) is 0 Å². The van der Waals surface area contributed by atoms with Crippen molar-refractivity contribution in [3.8, 4) is 0 Å².